The predicted molar refractivity (Wildman–Crippen MR) is 54.1 cm³/mol. The van der Waals surface area contributed by atoms with Crippen LogP contribution in [0.3, 0.4) is 0 Å². The molecule has 0 bridgehead atoms. The molecule has 12 heavy (non-hydrogen) atoms. The molecule has 0 heterocycles. The highest BCUT2D eigenvalue weighted by Crippen LogP contribution is 2.23. The van der Waals surface area contributed by atoms with Gasteiger partial charge < -0.3 is 4.90 Å². The maximum atomic E-state index is 4.01. The van der Waals surface area contributed by atoms with E-state index in [9.17, 15) is 0 Å². The summed E-state index contributed by atoms with van der Waals surface area (Å²) in [5.41, 5.74) is 0. The second-order valence-electron chi connectivity index (χ2n) is 3.83. The normalized spacial score (nSPS) is 19.2. The van der Waals surface area contributed by atoms with E-state index in [0.717, 1.165) is 12.6 Å². The standard InChI is InChI=1S/C11H22N/c1-3-5-10-12(4-2)11-8-6-7-9-11/h11H,2-10H2,1H3. The lowest BCUT2D eigenvalue weighted by molar-refractivity contribution is 0.216. The molecular formula is C11H22N. The number of hydrogen-bond donors (Lipinski definition) is 0. The Hall–Kier alpha value is -0.0400. The molecule has 0 saturated heterocycles. The van der Waals surface area contributed by atoms with Crippen LogP contribution in [-0.4, -0.2) is 24.0 Å². The van der Waals surface area contributed by atoms with Crippen LogP contribution in [0.25, 0.3) is 0 Å². The molecule has 0 N–H and O–H groups in total. The van der Waals surface area contributed by atoms with Crippen molar-refractivity contribution in [3.63, 3.8) is 0 Å². The zero-order valence-electron chi connectivity index (χ0n) is 8.39. The molecule has 0 aromatic carbocycles. The Morgan fingerprint density at radius 3 is 2.50 bits per heavy atom. The maximum Gasteiger partial charge on any atom is 0.00952 e. The van der Waals surface area contributed by atoms with Gasteiger partial charge in [0.15, 0.2) is 0 Å². The maximum absolute atomic E-state index is 4.01. The molecule has 1 aliphatic rings. The molecule has 0 aromatic heterocycles. The molecule has 0 aliphatic heterocycles. The first-order valence-corrected chi connectivity index (χ1v) is 5.41. The molecule has 0 unspecified atom stereocenters. The molecule has 1 rings (SSSR count). The van der Waals surface area contributed by atoms with Gasteiger partial charge in [-0.3, -0.25) is 0 Å². The molecule has 0 atom stereocenters. The van der Waals surface area contributed by atoms with Crippen LogP contribution in [-0.2, 0) is 0 Å². The monoisotopic (exact) mass is 168 g/mol. The summed E-state index contributed by atoms with van der Waals surface area (Å²) in [6.07, 6.45) is 8.36. The predicted octanol–water partition coefficient (Wildman–Crippen LogP) is 2.87. The van der Waals surface area contributed by atoms with E-state index in [1.165, 1.54) is 45.1 Å². The number of rotatable bonds is 5. The van der Waals surface area contributed by atoms with Crippen molar-refractivity contribution in [2.24, 2.45) is 0 Å². The molecule has 0 aromatic rings. The number of nitrogens with zero attached hydrogens (tertiary/aromatic N) is 1. The van der Waals surface area contributed by atoms with Crippen molar-refractivity contribution in [3.8, 4) is 0 Å². The quantitative estimate of drug-likeness (QED) is 0.610. The molecular weight excluding hydrogens is 146 g/mol. The molecule has 1 heteroatoms. The minimum Gasteiger partial charge on any atom is -0.300 e. The lowest BCUT2D eigenvalue weighted by Gasteiger charge is -2.26. The van der Waals surface area contributed by atoms with Crippen molar-refractivity contribution in [2.75, 3.05) is 13.1 Å². The van der Waals surface area contributed by atoms with Gasteiger partial charge in [-0.25, -0.2) is 0 Å². The van der Waals surface area contributed by atoms with E-state index in [4.69, 9.17) is 0 Å². The van der Waals surface area contributed by atoms with Gasteiger partial charge in [0.05, 0.1) is 0 Å². The van der Waals surface area contributed by atoms with Crippen molar-refractivity contribution in [1.29, 1.82) is 0 Å². The molecule has 71 valence electrons. The van der Waals surface area contributed by atoms with Crippen LogP contribution in [0.5, 0.6) is 0 Å². The van der Waals surface area contributed by atoms with Crippen molar-refractivity contribution >= 4 is 0 Å². The van der Waals surface area contributed by atoms with E-state index in [1.54, 1.807) is 0 Å². The summed E-state index contributed by atoms with van der Waals surface area (Å²) >= 11 is 0. The Labute approximate surface area is 77.1 Å². The Balaban J connectivity index is 2.22. The summed E-state index contributed by atoms with van der Waals surface area (Å²) in [4.78, 5) is 2.57. The van der Waals surface area contributed by atoms with Gasteiger partial charge >= 0.3 is 0 Å². The van der Waals surface area contributed by atoms with Crippen LogP contribution < -0.4 is 0 Å². The third-order valence-corrected chi connectivity index (χ3v) is 2.93. The Morgan fingerprint density at radius 2 is 2.00 bits per heavy atom. The highest BCUT2D eigenvalue weighted by Gasteiger charge is 2.20. The summed E-state index contributed by atoms with van der Waals surface area (Å²) in [5, 5.41) is 0. The van der Waals surface area contributed by atoms with Gasteiger partial charge in [-0.15, -0.1) is 0 Å². The fraction of sp³-hybridized carbons (Fsp3) is 0.909. The van der Waals surface area contributed by atoms with Crippen LogP contribution >= 0.6 is 0 Å². The van der Waals surface area contributed by atoms with Crippen LogP contribution in [0.2, 0.25) is 0 Å². The van der Waals surface area contributed by atoms with Gasteiger partial charge in [-0.1, -0.05) is 26.2 Å². The Morgan fingerprint density at radius 1 is 1.33 bits per heavy atom. The highest BCUT2D eigenvalue weighted by molar-refractivity contribution is 4.77. The minimum atomic E-state index is 0.869. The Kier molecular flexibility index (Phi) is 4.67. The van der Waals surface area contributed by atoms with Crippen LogP contribution in [0.1, 0.15) is 45.4 Å². The molecule has 0 amide bonds. The van der Waals surface area contributed by atoms with Crippen LogP contribution in [0.15, 0.2) is 0 Å². The third kappa shape index (κ3) is 2.78. The van der Waals surface area contributed by atoms with Gasteiger partial charge in [0, 0.05) is 6.04 Å². The average molecular weight is 168 g/mol. The number of hydrogen-bond acceptors (Lipinski definition) is 1. The smallest absolute Gasteiger partial charge is 0.00952 e. The largest absolute Gasteiger partial charge is 0.300 e. The SMILES string of the molecule is [CH2]CN(CCCC)C1CCCC1. The van der Waals surface area contributed by atoms with E-state index in [2.05, 4.69) is 18.7 Å². The van der Waals surface area contributed by atoms with Crippen molar-refractivity contribution in [1.82, 2.24) is 4.90 Å². The summed E-state index contributed by atoms with van der Waals surface area (Å²) < 4.78 is 0. The highest BCUT2D eigenvalue weighted by atomic mass is 15.1. The van der Waals surface area contributed by atoms with E-state index in [0.29, 0.717) is 0 Å². The zero-order valence-corrected chi connectivity index (χ0v) is 8.39. The van der Waals surface area contributed by atoms with Gasteiger partial charge in [-0.05, 0) is 39.3 Å². The Bertz CT molecular complexity index is 106. The fourth-order valence-electron chi connectivity index (χ4n) is 2.11. The summed E-state index contributed by atoms with van der Waals surface area (Å²) in [7, 11) is 0. The summed E-state index contributed by atoms with van der Waals surface area (Å²) in [6.45, 7) is 8.54. The molecule has 1 radical (unpaired) electrons. The topological polar surface area (TPSA) is 3.24 Å². The van der Waals surface area contributed by atoms with Gasteiger partial charge in [0.25, 0.3) is 0 Å². The first-order valence-electron chi connectivity index (χ1n) is 5.41. The molecule has 0 spiro atoms. The minimum absolute atomic E-state index is 0.869. The fourth-order valence-corrected chi connectivity index (χ4v) is 2.11. The average Bonchev–Trinajstić information content (AvgIpc) is 2.59. The van der Waals surface area contributed by atoms with Crippen LogP contribution in [0, 0.1) is 6.92 Å². The van der Waals surface area contributed by atoms with Gasteiger partial charge in [-0.2, -0.15) is 0 Å². The van der Waals surface area contributed by atoms with Crippen molar-refractivity contribution in [3.05, 3.63) is 6.92 Å². The van der Waals surface area contributed by atoms with E-state index < -0.39 is 0 Å². The summed E-state index contributed by atoms with van der Waals surface area (Å²) in [6, 6.07) is 0.869. The van der Waals surface area contributed by atoms with Crippen LogP contribution in [0.4, 0.5) is 0 Å². The van der Waals surface area contributed by atoms with E-state index in [1.807, 2.05) is 0 Å². The van der Waals surface area contributed by atoms with Crippen molar-refractivity contribution in [2.45, 2.75) is 51.5 Å². The second kappa shape index (κ2) is 5.58. The molecule has 1 fully saturated rings. The molecule has 1 nitrogen and oxygen atoms in total. The van der Waals surface area contributed by atoms with Gasteiger partial charge in [0.1, 0.15) is 0 Å². The first-order chi connectivity index (χ1) is 5.88. The van der Waals surface area contributed by atoms with Crippen molar-refractivity contribution < 1.29 is 0 Å². The van der Waals surface area contributed by atoms with E-state index >= 15 is 0 Å². The van der Waals surface area contributed by atoms with E-state index in [-0.39, 0.29) is 0 Å². The third-order valence-electron chi connectivity index (χ3n) is 2.93. The summed E-state index contributed by atoms with van der Waals surface area (Å²) in [5.74, 6) is 0. The molecule has 1 aliphatic carbocycles. The number of unbranched alkanes of at least 4 members (excludes halogenated alkanes) is 1. The second-order valence-corrected chi connectivity index (χ2v) is 3.83. The lowest BCUT2D eigenvalue weighted by atomic mass is 10.2. The zero-order chi connectivity index (χ0) is 8.81. The van der Waals surface area contributed by atoms with Gasteiger partial charge in [0.2, 0.25) is 0 Å². The lowest BCUT2D eigenvalue weighted by Crippen LogP contribution is -2.33. The first kappa shape index (κ1) is 10.0. The molecule has 1 saturated carbocycles.